The van der Waals surface area contributed by atoms with Crippen LogP contribution in [0.25, 0.3) is 10.9 Å². The molecule has 130 valence electrons. The molecule has 0 aliphatic heterocycles. The van der Waals surface area contributed by atoms with Crippen LogP contribution in [0.2, 0.25) is 0 Å². The molecule has 3 rings (SSSR count). The maximum absolute atomic E-state index is 5.95. The van der Waals surface area contributed by atoms with Gasteiger partial charge in [-0.25, -0.2) is 9.97 Å². The van der Waals surface area contributed by atoms with Crippen LogP contribution in [0.3, 0.4) is 0 Å². The second kappa shape index (κ2) is 6.94. The van der Waals surface area contributed by atoms with Crippen molar-refractivity contribution < 1.29 is 4.74 Å². The smallest absolute Gasteiger partial charge is 0.144 e. The Morgan fingerprint density at radius 1 is 1.08 bits per heavy atom. The summed E-state index contributed by atoms with van der Waals surface area (Å²) < 4.78 is 5.70. The predicted molar refractivity (Wildman–Crippen MR) is 102 cm³/mol. The van der Waals surface area contributed by atoms with E-state index in [9.17, 15) is 0 Å². The normalized spacial score (nSPS) is 11.1. The number of nitrogens with zero attached hydrogens (tertiary/aromatic N) is 3. The summed E-state index contributed by atoms with van der Waals surface area (Å²) in [7, 11) is 1.96. The van der Waals surface area contributed by atoms with E-state index in [2.05, 4.69) is 9.97 Å². The molecule has 0 amide bonds. The first-order chi connectivity index (χ1) is 12.0. The average Bonchev–Trinajstić information content (AvgIpc) is 2.60. The second-order valence-electron chi connectivity index (χ2n) is 6.16. The molecule has 1 aromatic heterocycles. The van der Waals surface area contributed by atoms with Crippen LogP contribution in [0.15, 0.2) is 42.5 Å². The van der Waals surface area contributed by atoms with Crippen LogP contribution in [0.4, 0.5) is 17.2 Å². The van der Waals surface area contributed by atoms with Crippen LogP contribution in [0.1, 0.15) is 19.7 Å². The predicted octanol–water partition coefficient (Wildman–Crippen LogP) is 3.23. The molecule has 0 fully saturated rings. The fourth-order valence-electron chi connectivity index (χ4n) is 2.67. The van der Waals surface area contributed by atoms with Gasteiger partial charge in [0.2, 0.25) is 0 Å². The van der Waals surface area contributed by atoms with Gasteiger partial charge in [-0.15, -0.1) is 0 Å². The minimum atomic E-state index is 0.143. The van der Waals surface area contributed by atoms with Gasteiger partial charge in [-0.1, -0.05) is 0 Å². The van der Waals surface area contributed by atoms with Crippen LogP contribution in [0.5, 0.6) is 5.75 Å². The summed E-state index contributed by atoms with van der Waals surface area (Å²) >= 11 is 0. The van der Waals surface area contributed by atoms with Crippen molar-refractivity contribution >= 4 is 28.1 Å². The summed E-state index contributed by atoms with van der Waals surface area (Å²) in [6, 6.07) is 13.5. The molecule has 0 radical (unpaired) electrons. The Kier molecular flexibility index (Phi) is 4.72. The minimum absolute atomic E-state index is 0.143. The molecule has 6 heteroatoms. The Hall–Kier alpha value is -2.86. The van der Waals surface area contributed by atoms with E-state index < -0.39 is 0 Å². The molecular weight excluding hydrogens is 314 g/mol. The molecule has 4 N–H and O–H groups in total. The standard InChI is InChI=1S/C19H23N5O/c1-12(2)25-15-7-5-14(6-8-15)24(3)19-16-10-13(21)4-9-17(16)22-18(11-20)23-19/h4-10,12H,11,20-21H2,1-3H3. The van der Waals surface area contributed by atoms with Gasteiger partial charge in [-0.2, -0.15) is 0 Å². The lowest BCUT2D eigenvalue weighted by atomic mass is 10.2. The number of nitrogens with two attached hydrogens (primary N) is 2. The monoisotopic (exact) mass is 337 g/mol. The van der Waals surface area contributed by atoms with Crippen molar-refractivity contribution in [3.63, 3.8) is 0 Å². The van der Waals surface area contributed by atoms with Crippen molar-refractivity contribution in [2.24, 2.45) is 5.73 Å². The number of fused-ring (bicyclic) bond motifs is 1. The zero-order valence-electron chi connectivity index (χ0n) is 14.7. The average molecular weight is 337 g/mol. The first-order valence-corrected chi connectivity index (χ1v) is 8.24. The molecule has 0 atom stereocenters. The number of ether oxygens (including phenoxy) is 1. The highest BCUT2D eigenvalue weighted by atomic mass is 16.5. The molecule has 6 nitrogen and oxygen atoms in total. The van der Waals surface area contributed by atoms with E-state index in [0.717, 1.165) is 28.2 Å². The molecule has 2 aromatic carbocycles. The lowest BCUT2D eigenvalue weighted by Crippen LogP contribution is -2.15. The van der Waals surface area contributed by atoms with Gasteiger partial charge in [-0.05, 0) is 56.3 Å². The van der Waals surface area contributed by atoms with Crippen LogP contribution < -0.4 is 21.1 Å². The van der Waals surface area contributed by atoms with E-state index in [1.165, 1.54) is 0 Å². The number of anilines is 3. The van der Waals surface area contributed by atoms with E-state index in [-0.39, 0.29) is 12.6 Å². The highest BCUT2D eigenvalue weighted by Gasteiger charge is 2.13. The third kappa shape index (κ3) is 3.64. The Labute approximate surface area is 147 Å². The molecule has 0 spiro atoms. The maximum Gasteiger partial charge on any atom is 0.144 e. The number of nitrogen functional groups attached to an aromatic ring is 1. The van der Waals surface area contributed by atoms with E-state index >= 15 is 0 Å². The molecule has 0 aliphatic carbocycles. The highest BCUT2D eigenvalue weighted by molar-refractivity contribution is 5.93. The molecule has 0 aliphatic rings. The Morgan fingerprint density at radius 2 is 1.80 bits per heavy atom. The van der Waals surface area contributed by atoms with Gasteiger partial charge in [0, 0.05) is 23.8 Å². The van der Waals surface area contributed by atoms with Gasteiger partial charge in [0.15, 0.2) is 0 Å². The van der Waals surface area contributed by atoms with E-state index in [4.69, 9.17) is 16.2 Å². The number of hydrogen-bond donors (Lipinski definition) is 2. The molecule has 0 unspecified atom stereocenters. The number of benzene rings is 2. The van der Waals surface area contributed by atoms with Crippen LogP contribution in [-0.2, 0) is 6.54 Å². The van der Waals surface area contributed by atoms with Crippen molar-refractivity contribution in [3.8, 4) is 5.75 Å². The minimum Gasteiger partial charge on any atom is -0.491 e. The third-order valence-corrected chi connectivity index (χ3v) is 3.84. The lowest BCUT2D eigenvalue weighted by molar-refractivity contribution is 0.242. The number of aromatic nitrogens is 2. The van der Waals surface area contributed by atoms with Crippen molar-refractivity contribution in [2.75, 3.05) is 17.7 Å². The van der Waals surface area contributed by atoms with Gasteiger partial charge in [0.05, 0.1) is 18.2 Å². The molecule has 0 saturated heterocycles. The van der Waals surface area contributed by atoms with E-state index in [0.29, 0.717) is 11.5 Å². The first kappa shape index (κ1) is 17.0. The molecule has 3 aromatic rings. The van der Waals surface area contributed by atoms with Crippen molar-refractivity contribution in [1.29, 1.82) is 0 Å². The summed E-state index contributed by atoms with van der Waals surface area (Å²) in [6.07, 6.45) is 0.143. The van der Waals surface area contributed by atoms with E-state index in [1.807, 2.05) is 68.3 Å². The largest absolute Gasteiger partial charge is 0.491 e. The fraction of sp³-hybridized carbons (Fsp3) is 0.263. The van der Waals surface area contributed by atoms with Gasteiger partial charge in [0.1, 0.15) is 17.4 Å². The first-order valence-electron chi connectivity index (χ1n) is 8.24. The van der Waals surface area contributed by atoms with E-state index in [1.54, 1.807) is 0 Å². The second-order valence-corrected chi connectivity index (χ2v) is 6.16. The summed E-state index contributed by atoms with van der Waals surface area (Å²) in [6.45, 7) is 4.29. The van der Waals surface area contributed by atoms with Crippen LogP contribution >= 0.6 is 0 Å². The zero-order valence-corrected chi connectivity index (χ0v) is 14.7. The van der Waals surface area contributed by atoms with Crippen LogP contribution in [-0.4, -0.2) is 23.1 Å². The van der Waals surface area contributed by atoms with Gasteiger partial charge in [0.25, 0.3) is 0 Å². The number of hydrogen-bond acceptors (Lipinski definition) is 6. The maximum atomic E-state index is 5.95. The van der Waals surface area contributed by atoms with Gasteiger partial charge >= 0.3 is 0 Å². The summed E-state index contributed by atoms with van der Waals surface area (Å²) in [4.78, 5) is 11.1. The fourth-order valence-corrected chi connectivity index (χ4v) is 2.67. The summed E-state index contributed by atoms with van der Waals surface area (Å²) in [5.41, 5.74) is 14.2. The Bertz CT molecular complexity index is 877. The van der Waals surface area contributed by atoms with Crippen molar-refractivity contribution in [2.45, 2.75) is 26.5 Å². The quantitative estimate of drug-likeness (QED) is 0.695. The molecule has 0 bridgehead atoms. The van der Waals surface area contributed by atoms with Crippen LogP contribution in [0, 0.1) is 0 Å². The molecule has 1 heterocycles. The van der Waals surface area contributed by atoms with Gasteiger partial charge in [-0.3, -0.25) is 0 Å². The van der Waals surface area contributed by atoms with Gasteiger partial charge < -0.3 is 21.1 Å². The molecule has 25 heavy (non-hydrogen) atoms. The zero-order chi connectivity index (χ0) is 18.0. The Balaban J connectivity index is 2.03. The molecular formula is C19H23N5O. The van der Waals surface area contributed by atoms with Crippen molar-refractivity contribution in [1.82, 2.24) is 9.97 Å². The topological polar surface area (TPSA) is 90.3 Å². The summed E-state index contributed by atoms with van der Waals surface area (Å²) in [5, 5.41) is 0.891. The summed E-state index contributed by atoms with van der Waals surface area (Å²) in [5.74, 6) is 2.21. The highest BCUT2D eigenvalue weighted by Crippen LogP contribution is 2.31. The molecule has 0 saturated carbocycles. The van der Waals surface area contributed by atoms with Crippen molar-refractivity contribution in [3.05, 3.63) is 48.3 Å². The lowest BCUT2D eigenvalue weighted by Gasteiger charge is -2.21. The Morgan fingerprint density at radius 3 is 2.44 bits per heavy atom. The number of rotatable bonds is 5. The third-order valence-electron chi connectivity index (χ3n) is 3.84. The SMILES string of the molecule is CC(C)Oc1ccc(N(C)c2nc(CN)nc3ccc(N)cc23)cc1.